The zero-order valence-electron chi connectivity index (χ0n) is 13.1. The first-order chi connectivity index (χ1) is 11.7. The third-order valence-electron chi connectivity index (χ3n) is 4.43. The van der Waals surface area contributed by atoms with Gasteiger partial charge >= 0.3 is 16.4 Å². The maximum absolute atomic E-state index is 13.0. The van der Waals surface area contributed by atoms with Crippen LogP contribution in [-0.2, 0) is 24.3 Å². The van der Waals surface area contributed by atoms with Crippen molar-refractivity contribution in [1.29, 1.82) is 0 Å². The number of carbonyl (C=O) groups is 2. The average molecular weight is 382 g/mol. The molecule has 2 bridgehead atoms. The van der Waals surface area contributed by atoms with Gasteiger partial charge in [0.15, 0.2) is 0 Å². The lowest BCUT2D eigenvalue weighted by molar-refractivity contribution is -0.139. The number of piperidine rings is 1. The van der Waals surface area contributed by atoms with E-state index in [4.69, 9.17) is 9.39 Å². The molecule has 3 N–H and O–H groups in total. The Balaban J connectivity index is 1.52. The predicted molar refractivity (Wildman–Crippen MR) is 78.8 cm³/mol. The van der Waals surface area contributed by atoms with Crippen LogP contribution in [0.4, 0.5) is 9.18 Å². The van der Waals surface area contributed by atoms with Crippen LogP contribution in [0.1, 0.15) is 19.3 Å². The third kappa shape index (κ3) is 4.17. The minimum Gasteiger partial charge on any atom is -0.309 e. The van der Waals surface area contributed by atoms with Crippen LogP contribution < -0.4 is 10.8 Å². The molecule has 3 heterocycles. The highest BCUT2D eigenvalue weighted by molar-refractivity contribution is 7.80. The van der Waals surface area contributed by atoms with Gasteiger partial charge in [-0.05, 0) is 19.3 Å². The molecule has 0 aliphatic carbocycles. The topological polar surface area (TPSA) is 138 Å². The quantitative estimate of drug-likeness (QED) is 0.382. The summed E-state index contributed by atoms with van der Waals surface area (Å²) in [5, 5.41) is 3.46. The predicted octanol–water partition coefficient (Wildman–Crippen LogP) is -1.26. The Kier molecular flexibility index (Phi) is 5.11. The minimum atomic E-state index is -4.83. The van der Waals surface area contributed by atoms with Crippen molar-refractivity contribution in [3.05, 3.63) is 0 Å². The van der Waals surface area contributed by atoms with Crippen molar-refractivity contribution < 1.29 is 36.1 Å². The van der Waals surface area contributed by atoms with E-state index in [2.05, 4.69) is 15.1 Å². The zero-order chi connectivity index (χ0) is 18.2. The Bertz CT molecular complexity index is 647. The molecule has 0 aromatic rings. The van der Waals surface area contributed by atoms with E-state index in [1.54, 1.807) is 0 Å². The molecule has 0 spiro atoms. The van der Waals surface area contributed by atoms with Gasteiger partial charge in [0, 0.05) is 19.1 Å². The molecule has 0 aromatic heterocycles. The van der Waals surface area contributed by atoms with E-state index >= 15 is 0 Å². The Morgan fingerprint density at radius 2 is 2.20 bits per heavy atom. The molecule has 11 nitrogen and oxygen atoms in total. The SMILES string of the molecule is O=C(NOC[C@H]1C[C@@H](F)CN1)[C@@H]1CC[C@@H]2CN1C(=O)N2OS(=O)(=O)O. The van der Waals surface area contributed by atoms with Crippen LogP contribution in [0, 0.1) is 0 Å². The number of rotatable bonds is 6. The normalized spacial score (nSPS) is 32.3. The van der Waals surface area contributed by atoms with Gasteiger partial charge in [0.25, 0.3) is 5.91 Å². The van der Waals surface area contributed by atoms with Crippen molar-refractivity contribution in [1.82, 2.24) is 20.8 Å². The van der Waals surface area contributed by atoms with Crippen molar-refractivity contribution in [3.63, 3.8) is 0 Å². The first-order valence-corrected chi connectivity index (χ1v) is 9.17. The molecule has 4 atom stereocenters. The van der Waals surface area contributed by atoms with Crippen molar-refractivity contribution >= 4 is 22.3 Å². The monoisotopic (exact) mass is 382 g/mol. The largest absolute Gasteiger partial charge is 0.418 e. The molecule has 13 heteroatoms. The number of amides is 3. The fourth-order valence-corrected chi connectivity index (χ4v) is 3.67. The Morgan fingerprint density at radius 1 is 1.44 bits per heavy atom. The van der Waals surface area contributed by atoms with E-state index in [9.17, 15) is 22.4 Å². The second-order valence-corrected chi connectivity index (χ2v) is 7.23. The molecular formula is C12H19FN4O7S. The Morgan fingerprint density at radius 3 is 2.84 bits per heavy atom. The van der Waals surface area contributed by atoms with Gasteiger partial charge in [0.1, 0.15) is 12.2 Å². The smallest absolute Gasteiger partial charge is 0.309 e. The van der Waals surface area contributed by atoms with E-state index in [1.807, 2.05) is 0 Å². The number of hydrogen-bond donors (Lipinski definition) is 3. The summed E-state index contributed by atoms with van der Waals surface area (Å²) in [6, 6.07) is -2.43. The molecule has 0 unspecified atom stereocenters. The minimum absolute atomic E-state index is 0.0907. The first-order valence-electron chi connectivity index (χ1n) is 7.80. The fourth-order valence-electron chi connectivity index (χ4n) is 3.28. The average Bonchev–Trinajstić information content (AvgIpc) is 3.04. The van der Waals surface area contributed by atoms with Crippen LogP contribution in [0.25, 0.3) is 0 Å². The lowest BCUT2D eigenvalue weighted by atomic mass is 10.0. The molecule has 0 aromatic carbocycles. The molecule has 3 aliphatic rings. The van der Waals surface area contributed by atoms with Crippen LogP contribution in [0.2, 0.25) is 0 Å². The van der Waals surface area contributed by atoms with Gasteiger partial charge in [-0.1, -0.05) is 0 Å². The number of fused-ring (bicyclic) bond motifs is 2. The van der Waals surface area contributed by atoms with Gasteiger partial charge in [0.05, 0.1) is 12.6 Å². The molecule has 3 aliphatic heterocycles. The van der Waals surface area contributed by atoms with Crippen LogP contribution in [0.15, 0.2) is 0 Å². The van der Waals surface area contributed by atoms with Crippen molar-refractivity contribution in [2.24, 2.45) is 0 Å². The summed E-state index contributed by atoms with van der Waals surface area (Å²) >= 11 is 0. The number of nitrogens with zero attached hydrogens (tertiary/aromatic N) is 2. The molecule has 0 saturated carbocycles. The van der Waals surface area contributed by atoms with Gasteiger partial charge in [-0.3, -0.25) is 14.2 Å². The Labute approximate surface area is 143 Å². The second-order valence-electron chi connectivity index (χ2n) is 6.23. The molecule has 0 radical (unpaired) electrons. The number of urea groups is 1. The summed E-state index contributed by atoms with van der Waals surface area (Å²) in [6.45, 7) is 0.436. The fraction of sp³-hybridized carbons (Fsp3) is 0.833. The summed E-state index contributed by atoms with van der Waals surface area (Å²) in [6.07, 6.45) is -0.0296. The van der Waals surface area contributed by atoms with Gasteiger partial charge in [-0.25, -0.2) is 14.7 Å². The highest BCUT2D eigenvalue weighted by Gasteiger charge is 2.49. The van der Waals surface area contributed by atoms with E-state index in [0.717, 1.165) is 4.90 Å². The van der Waals surface area contributed by atoms with Crippen molar-refractivity contribution in [2.75, 3.05) is 19.7 Å². The summed E-state index contributed by atoms with van der Waals surface area (Å²) in [7, 11) is -4.83. The van der Waals surface area contributed by atoms with Crippen molar-refractivity contribution in [3.8, 4) is 0 Å². The van der Waals surface area contributed by atoms with E-state index in [1.165, 1.54) is 0 Å². The summed E-state index contributed by atoms with van der Waals surface area (Å²) in [5.41, 5.74) is 2.24. The molecular weight excluding hydrogens is 363 g/mol. The highest BCUT2D eigenvalue weighted by atomic mass is 32.3. The van der Waals surface area contributed by atoms with Gasteiger partial charge in [0.2, 0.25) is 0 Å². The Hall–Kier alpha value is -1.54. The number of halogens is 1. The number of hydrogen-bond acceptors (Lipinski definition) is 7. The van der Waals surface area contributed by atoms with Crippen LogP contribution >= 0.6 is 0 Å². The van der Waals surface area contributed by atoms with Crippen molar-refractivity contribution in [2.45, 2.75) is 43.6 Å². The lowest BCUT2D eigenvalue weighted by Crippen LogP contribution is -2.50. The number of hydroxylamine groups is 3. The summed E-state index contributed by atoms with van der Waals surface area (Å²) < 4.78 is 47.7. The van der Waals surface area contributed by atoms with E-state index in [-0.39, 0.29) is 32.2 Å². The second kappa shape index (κ2) is 6.99. The molecule has 142 valence electrons. The van der Waals surface area contributed by atoms with Gasteiger partial charge < -0.3 is 10.2 Å². The lowest BCUT2D eigenvalue weighted by Gasteiger charge is -2.29. The first kappa shape index (κ1) is 18.3. The number of nitrogens with one attached hydrogen (secondary N) is 2. The maximum atomic E-state index is 13.0. The van der Waals surface area contributed by atoms with Gasteiger partial charge in [-0.2, -0.15) is 13.5 Å². The van der Waals surface area contributed by atoms with Crippen LogP contribution in [0.5, 0.6) is 0 Å². The van der Waals surface area contributed by atoms with E-state index < -0.39 is 40.6 Å². The molecule has 3 saturated heterocycles. The number of alkyl halides is 1. The number of carbonyl (C=O) groups excluding carboxylic acids is 2. The van der Waals surface area contributed by atoms with Gasteiger partial charge in [-0.15, -0.1) is 4.28 Å². The third-order valence-corrected chi connectivity index (χ3v) is 4.77. The van der Waals surface area contributed by atoms with Crippen LogP contribution in [-0.4, -0.2) is 78.9 Å². The molecule has 3 fully saturated rings. The standard InChI is InChI=1S/C12H19FN4O7S/c13-7-3-8(14-4-7)6-23-15-11(18)10-2-1-9-5-16(10)12(19)17(9)24-25(20,21)22/h7-10,14H,1-6H2,(H,15,18)(H,20,21,22)/t7-,8-,9-,10+/m1/s1. The van der Waals surface area contributed by atoms with Crippen LogP contribution in [0.3, 0.4) is 0 Å². The molecule has 25 heavy (non-hydrogen) atoms. The molecule has 3 amide bonds. The zero-order valence-corrected chi connectivity index (χ0v) is 13.9. The van der Waals surface area contributed by atoms with E-state index in [0.29, 0.717) is 17.9 Å². The molecule has 3 rings (SSSR count). The summed E-state index contributed by atoms with van der Waals surface area (Å²) in [4.78, 5) is 30.6. The highest BCUT2D eigenvalue weighted by Crippen LogP contribution is 2.30. The summed E-state index contributed by atoms with van der Waals surface area (Å²) in [5.74, 6) is -0.560. The maximum Gasteiger partial charge on any atom is 0.418 e.